The first kappa shape index (κ1) is 19.2. The summed E-state index contributed by atoms with van der Waals surface area (Å²) in [5.74, 6) is 0.00475. The van der Waals surface area contributed by atoms with Crippen LogP contribution < -0.4 is 5.73 Å². The van der Waals surface area contributed by atoms with Crippen molar-refractivity contribution >= 4 is 24.3 Å². The van der Waals surface area contributed by atoms with Crippen LogP contribution in [0.2, 0.25) is 0 Å². The van der Waals surface area contributed by atoms with Gasteiger partial charge in [0.25, 0.3) is 0 Å². The second-order valence-corrected chi connectivity index (χ2v) is 7.43. The molecule has 1 aliphatic carbocycles. The minimum Gasteiger partial charge on any atom is -0.458 e. The molecule has 2 rings (SSSR count). The molecule has 5 nitrogen and oxygen atoms in total. The number of nitrogens with two attached hydrogens (primary N) is 1. The number of hydrogen-bond donors (Lipinski definition) is 1. The van der Waals surface area contributed by atoms with Crippen molar-refractivity contribution < 1.29 is 14.3 Å². The summed E-state index contributed by atoms with van der Waals surface area (Å²) in [7, 11) is 0. The standard InChI is InChI=1S/C16H28N2O3.ClH/c1-10(17)14(19)18-12-8-6-5-7-11(12)9-13(18)15(20)21-16(2,3)4;/h10-13H,5-9,17H2,1-4H3;1H/t10-,11-,12+,13-;/m0./s1. The van der Waals surface area contributed by atoms with Gasteiger partial charge in [-0.25, -0.2) is 4.79 Å². The Morgan fingerprint density at radius 1 is 1.23 bits per heavy atom. The van der Waals surface area contributed by atoms with Crippen LogP contribution in [0.3, 0.4) is 0 Å². The van der Waals surface area contributed by atoms with E-state index in [1.807, 2.05) is 20.8 Å². The molecular formula is C16H29ClN2O3. The van der Waals surface area contributed by atoms with Crippen molar-refractivity contribution in [3.8, 4) is 0 Å². The molecule has 2 fully saturated rings. The van der Waals surface area contributed by atoms with Gasteiger partial charge in [0, 0.05) is 6.04 Å². The highest BCUT2D eigenvalue weighted by Crippen LogP contribution is 2.40. The van der Waals surface area contributed by atoms with Crippen molar-refractivity contribution in [3.05, 3.63) is 0 Å². The molecule has 22 heavy (non-hydrogen) atoms. The maximum Gasteiger partial charge on any atom is 0.329 e. The summed E-state index contributed by atoms with van der Waals surface area (Å²) in [6.45, 7) is 7.24. The van der Waals surface area contributed by atoms with Crippen LogP contribution in [0.4, 0.5) is 0 Å². The van der Waals surface area contributed by atoms with Gasteiger partial charge < -0.3 is 15.4 Å². The zero-order chi connectivity index (χ0) is 15.8. The second kappa shape index (κ2) is 7.18. The Balaban J connectivity index is 0.00000242. The average molecular weight is 333 g/mol. The van der Waals surface area contributed by atoms with E-state index in [0.29, 0.717) is 5.92 Å². The molecule has 0 aromatic heterocycles. The van der Waals surface area contributed by atoms with E-state index < -0.39 is 17.7 Å². The maximum absolute atomic E-state index is 12.5. The topological polar surface area (TPSA) is 72.6 Å². The van der Waals surface area contributed by atoms with Gasteiger partial charge in [-0.3, -0.25) is 4.79 Å². The first-order valence-corrected chi connectivity index (χ1v) is 8.01. The maximum atomic E-state index is 12.5. The lowest BCUT2D eigenvalue weighted by Gasteiger charge is -2.35. The number of hydrogen-bond acceptors (Lipinski definition) is 4. The number of carbonyl (C=O) groups is 2. The fourth-order valence-electron chi connectivity index (χ4n) is 3.59. The smallest absolute Gasteiger partial charge is 0.329 e. The first-order valence-electron chi connectivity index (χ1n) is 8.01. The number of nitrogens with zero attached hydrogens (tertiary/aromatic N) is 1. The molecule has 0 spiro atoms. The molecule has 128 valence electrons. The molecule has 0 unspecified atom stereocenters. The van der Waals surface area contributed by atoms with Crippen LogP contribution in [0.25, 0.3) is 0 Å². The molecule has 1 saturated carbocycles. The van der Waals surface area contributed by atoms with Crippen molar-refractivity contribution in [2.75, 3.05) is 0 Å². The summed E-state index contributed by atoms with van der Waals surface area (Å²) >= 11 is 0. The van der Waals surface area contributed by atoms with Crippen molar-refractivity contribution in [2.45, 2.75) is 83.5 Å². The predicted octanol–water partition coefficient (Wildman–Crippen LogP) is 2.26. The van der Waals surface area contributed by atoms with Gasteiger partial charge >= 0.3 is 5.97 Å². The highest BCUT2D eigenvalue weighted by atomic mass is 35.5. The number of rotatable bonds is 2. The van der Waals surface area contributed by atoms with E-state index >= 15 is 0 Å². The van der Waals surface area contributed by atoms with Crippen LogP contribution in [0, 0.1) is 5.92 Å². The van der Waals surface area contributed by atoms with Crippen LogP contribution in [0.1, 0.15) is 59.8 Å². The van der Waals surface area contributed by atoms with E-state index in [0.717, 1.165) is 25.7 Å². The molecule has 4 atom stereocenters. The summed E-state index contributed by atoms with van der Waals surface area (Å²) in [6, 6.07) is -0.874. The Hall–Kier alpha value is -0.810. The van der Waals surface area contributed by atoms with Crippen molar-refractivity contribution in [1.82, 2.24) is 4.90 Å². The quantitative estimate of drug-likeness (QED) is 0.787. The average Bonchev–Trinajstić information content (AvgIpc) is 2.75. The zero-order valence-electron chi connectivity index (χ0n) is 14.0. The number of likely N-dealkylation sites (tertiary alicyclic amines) is 1. The third-order valence-corrected chi connectivity index (χ3v) is 4.41. The number of ether oxygens (including phenoxy) is 1. The van der Waals surface area contributed by atoms with E-state index in [4.69, 9.17) is 10.5 Å². The van der Waals surface area contributed by atoms with Gasteiger partial charge in [0.05, 0.1) is 6.04 Å². The van der Waals surface area contributed by atoms with E-state index in [1.54, 1.807) is 11.8 Å². The van der Waals surface area contributed by atoms with Gasteiger partial charge in [-0.05, 0) is 52.9 Å². The second-order valence-electron chi connectivity index (χ2n) is 7.43. The molecule has 1 amide bonds. The largest absolute Gasteiger partial charge is 0.458 e. The van der Waals surface area contributed by atoms with Crippen molar-refractivity contribution in [1.29, 1.82) is 0 Å². The number of carbonyl (C=O) groups excluding carboxylic acids is 2. The highest BCUT2D eigenvalue weighted by molar-refractivity contribution is 5.88. The normalized spacial score (nSPS) is 29.3. The van der Waals surface area contributed by atoms with Gasteiger partial charge in [0.2, 0.25) is 5.91 Å². The summed E-state index contributed by atoms with van der Waals surface area (Å²) in [5.41, 5.74) is 5.25. The number of halogens is 1. The van der Waals surface area contributed by atoms with Crippen LogP contribution in [-0.4, -0.2) is 40.5 Å². The van der Waals surface area contributed by atoms with E-state index in [9.17, 15) is 9.59 Å². The molecule has 0 aromatic rings. The first-order chi connectivity index (χ1) is 9.70. The summed E-state index contributed by atoms with van der Waals surface area (Å²) in [6.07, 6.45) is 5.08. The van der Waals surface area contributed by atoms with Crippen LogP contribution >= 0.6 is 12.4 Å². The van der Waals surface area contributed by atoms with E-state index in [1.165, 1.54) is 6.42 Å². The lowest BCUT2D eigenvalue weighted by atomic mass is 9.84. The third kappa shape index (κ3) is 4.13. The van der Waals surface area contributed by atoms with Crippen LogP contribution in [-0.2, 0) is 14.3 Å². The molecule has 1 aliphatic heterocycles. The van der Waals surface area contributed by atoms with E-state index in [-0.39, 0.29) is 30.3 Å². The van der Waals surface area contributed by atoms with Crippen LogP contribution in [0.5, 0.6) is 0 Å². The van der Waals surface area contributed by atoms with Gasteiger partial charge in [-0.1, -0.05) is 12.8 Å². The summed E-state index contributed by atoms with van der Waals surface area (Å²) in [4.78, 5) is 26.7. The van der Waals surface area contributed by atoms with E-state index in [2.05, 4.69) is 0 Å². The third-order valence-electron chi connectivity index (χ3n) is 4.41. The fourth-order valence-corrected chi connectivity index (χ4v) is 3.59. The molecule has 2 aliphatic rings. The lowest BCUT2D eigenvalue weighted by Crippen LogP contribution is -2.52. The summed E-state index contributed by atoms with van der Waals surface area (Å²) < 4.78 is 5.51. The van der Waals surface area contributed by atoms with Gasteiger partial charge in [-0.15, -0.1) is 12.4 Å². The number of esters is 1. The number of amides is 1. The Morgan fingerprint density at radius 2 is 1.82 bits per heavy atom. The monoisotopic (exact) mass is 332 g/mol. The molecule has 6 heteroatoms. The van der Waals surface area contributed by atoms with Gasteiger partial charge in [0.15, 0.2) is 0 Å². The molecule has 1 heterocycles. The van der Waals surface area contributed by atoms with Crippen LogP contribution in [0.15, 0.2) is 0 Å². The Labute approximate surface area is 139 Å². The highest BCUT2D eigenvalue weighted by Gasteiger charge is 2.49. The van der Waals surface area contributed by atoms with Gasteiger partial charge in [-0.2, -0.15) is 0 Å². The molecular weight excluding hydrogens is 304 g/mol. The van der Waals surface area contributed by atoms with Gasteiger partial charge in [0.1, 0.15) is 11.6 Å². The van der Waals surface area contributed by atoms with Crippen molar-refractivity contribution in [2.24, 2.45) is 11.7 Å². The number of fused-ring (bicyclic) bond motifs is 1. The molecule has 2 N–H and O–H groups in total. The predicted molar refractivity (Wildman–Crippen MR) is 87.7 cm³/mol. The minimum atomic E-state index is -0.574. The molecule has 0 aromatic carbocycles. The molecule has 1 saturated heterocycles. The summed E-state index contributed by atoms with van der Waals surface area (Å²) in [5, 5.41) is 0. The lowest BCUT2D eigenvalue weighted by molar-refractivity contribution is -0.164. The Bertz CT molecular complexity index is 420. The zero-order valence-corrected chi connectivity index (χ0v) is 14.8. The SMILES string of the molecule is C[C@H](N)C(=O)N1[C@@H]2CCCC[C@H]2C[C@H]1C(=O)OC(C)(C)C.Cl. The Morgan fingerprint density at radius 3 is 2.36 bits per heavy atom. The molecule has 0 bridgehead atoms. The molecule has 0 radical (unpaired) electrons. The Kier molecular flexibility index (Phi) is 6.27. The minimum absolute atomic E-state index is 0. The fraction of sp³-hybridized carbons (Fsp3) is 0.875. The van der Waals surface area contributed by atoms with Crippen molar-refractivity contribution in [3.63, 3.8) is 0 Å².